The average Bonchev–Trinajstić information content (AvgIpc) is 1.67. The molecule has 0 rings (SSSR count). The van der Waals surface area contributed by atoms with Crippen molar-refractivity contribution in [2.75, 3.05) is 0 Å². The zero-order valence-corrected chi connectivity index (χ0v) is 5.44. The number of nitrogens with two attached hydrogens (primary N) is 1. The third-order valence-electron chi connectivity index (χ3n) is 1.02. The molecule has 3 N–H and O–H groups in total. The van der Waals surface area contributed by atoms with Crippen LogP contribution in [0.25, 0.3) is 5.53 Å². The molecule has 0 bridgehead atoms. The maximum atomic E-state index is 8.35. The van der Waals surface area contributed by atoms with E-state index in [9.17, 15) is 0 Å². The zero-order chi connectivity index (χ0) is 6.62. The van der Waals surface area contributed by atoms with Crippen molar-refractivity contribution in [3.8, 4) is 0 Å². The van der Waals surface area contributed by atoms with Gasteiger partial charge < -0.3 is 10.6 Å². The third kappa shape index (κ3) is 2.69. The van der Waals surface area contributed by atoms with E-state index < -0.39 is 5.66 Å². The summed E-state index contributed by atoms with van der Waals surface area (Å²) in [5.41, 5.74) is 13.2. The van der Waals surface area contributed by atoms with Crippen LogP contribution >= 0.6 is 0 Å². The van der Waals surface area contributed by atoms with Crippen molar-refractivity contribution in [1.29, 1.82) is 0 Å². The summed E-state index contributed by atoms with van der Waals surface area (Å²) in [6.07, 6.45) is 1.75. The molecule has 1 unspecified atom stereocenters. The molecule has 0 saturated carbocycles. The highest BCUT2D eigenvalue weighted by atomic mass is 15.1. The second-order valence-electron chi connectivity index (χ2n) is 2.28. The summed E-state index contributed by atoms with van der Waals surface area (Å²) in [5, 5.41) is 2.02. The van der Waals surface area contributed by atoms with Crippen LogP contribution in [0.2, 0.25) is 0 Å². The Morgan fingerprint density at radius 1 is 1.75 bits per heavy atom. The van der Waals surface area contributed by atoms with Crippen LogP contribution in [0, 0.1) is 0 Å². The molecule has 0 radical (unpaired) electrons. The van der Waals surface area contributed by atoms with Gasteiger partial charge in [0.2, 0.25) is 0 Å². The first kappa shape index (κ1) is 7.56. The van der Waals surface area contributed by atoms with E-state index in [1.807, 2.05) is 12.0 Å². The Morgan fingerprint density at radius 3 is 2.38 bits per heavy atom. The molecule has 0 amide bonds. The lowest BCUT2D eigenvalue weighted by Crippen LogP contribution is -2.84. The molecular weight excluding hydrogens is 102 g/mol. The van der Waals surface area contributed by atoms with Gasteiger partial charge in [-0.05, 0) is 6.42 Å². The summed E-state index contributed by atoms with van der Waals surface area (Å²) in [4.78, 5) is 0. The predicted octanol–water partition coefficient (Wildman–Crippen LogP) is -0.436. The quantitative estimate of drug-likeness (QED) is 0.380. The summed E-state index contributed by atoms with van der Waals surface area (Å²) < 4.78 is 0. The van der Waals surface area contributed by atoms with Crippen molar-refractivity contribution < 1.29 is 5.11 Å². The second-order valence-corrected chi connectivity index (χ2v) is 2.28. The fourth-order valence-corrected chi connectivity index (χ4v) is 0.575. The van der Waals surface area contributed by atoms with Gasteiger partial charge in [0.25, 0.3) is 0 Å². The summed E-state index contributed by atoms with van der Waals surface area (Å²) >= 11 is 0. The minimum atomic E-state index is -0.602. The zero-order valence-electron chi connectivity index (χ0n) is 5.44. The fourth-order valence-electron chi connectivity index (χ4n) is 0.575. The van der Waals surface area contributed by atoms with Gasteiger partial charge in [-0.15, -0.1) is 0 Å². The Hall–Kier alpha value is -0.440. The maximum absolute atomic E-state index is 8.35. The minimum absolute atomic E-state index is 0.602. The fraction of sp³-hybridized carbons (Fsp3) is 1.00. The predicted molar refractivity (Wildman–Crippen MR) is 31.8 cm³/mol. The van der Waals surface area contributed by atoms with Crippen LogP contribution in [-0.4, -0.2) is 5.66 Å². The minimum Gasteiger partial charge on any atom is -0.507 e. The number of hydrogen-bond acceptors (Lipinski definition) is 1. The van der Waals surface area contributed by atoms with Gasteiger partial charge in [-0.3, -0.25) is 5.73 Å². The van der Waals surface area contributed by atoms with E-state index in [0.717, 1.165) is 12.8 Å². The lowest BCUT2D eigenvalue weighted by Gasteiger charge is -2.13. The lowest BCUT2D eigenvalue weighted by molar-refractivity contribution is -0.570. The number of nitrogens with one attached hydrogen (secondary N) is 1. The largest absolute Gasteiger partial charge is 0.507 e. The molecule has 0 aromatic rings. The molecule has 1 atom stereocenters. The van der Waals surface area contributed by atoms with Gasteiger partial charge in [-0.1, -0.05) is 6.92 Å². The Balaban J connectivity index is 3.53. The van der Waals surface area contributed by atoms with Crippen molar-refractivity contribution in [2.45, 2.75) is 32.4 Å². The van der Waals surface area contributed by atoms with E-state index >= 15 is 0 Å². The molecule has 0 fully saturated rings. The maximum Gasteiger partial charge on any atom is 0.198 e. The van der Waals surface area contributed by atoms with Crippen LogP contribution in [0.15, 0.2) is 0 Å². The SMILES string of the molecule is CCCC(C)(N)[NH+]=[N-]. The van der Waals surface area contributed by atoms with Gasteiger partial charge >= 0.3 is 0 Å². The van der Waals surface area contributed by atoms with Gasteiger partial charge in [0.15, 0.2) is 5.66 Å². The monoisotopic (exact) mass is 115 g/mol. The first-order valence-electron chi connectivity index (χ1n) is 2.82. The van der Waals surface area contributed by atoms with Crippen LogP contribution in [0.3, 0.4) is 0 Å². The summed E-state index contributed by atoms with van der Waals surface area (Å²) in [7, 11) is 0. The van der Waals surface area contributed by atoms with Crippen molar-refractivity contribution in [3.63, 3.8) is 0 Å². The van der Waals surface area contributed by atoms with Gasteiger partial charge in [-0.25, -0.2) is 0 Å². The molecule has 0 aromatic carbocycles. The number of nitrogens with zero attached hydrogens (tertiary/aromatic N) is 1. The summed E-state index contributed by atoms with van der Waals surface area (Å²) in [6, 6.07) is 0. The van der Waals surface area contributed by atoms with E-state index in [1.54, 1.807) is 6.92 Å². The molecule has 0 saturated heterocycles. The van der Waals surface area contributed by atoms with Crippen LogP contribution in [0.1, 0.15) is 26.7 Å². The highest BCUT2D eigenvalue weighted by Gasteiger charge is 2.16. The van der Waals surface area contributed by atoms with E-state index in [1.165, 1.54) is 0 Å². The van der Waals surface area contributed by atoms with Gasteiger partial charge in [-0.2, -0.15) is 0 Å². The number of rotatable bonds is 3. The van der Waals surface area contributed by atoms with E-state index in [-0.39, 0.29) is 0 Å². The molecule has 0 aromatic heterocycles. The highest BCUT2D eigenvalue weighted by molar-refractivity contribution is 4.58. The molecule has 3 heteroatoms. The van der Waals surface area contributed by atoms with Crippen molar-refractivity contribution in [3.05, 3.63) is 5.53 Å². The Kier molecular flexibility index (Phi) is 2.62. The van der Waals surface area contributed by atoms with Crippen LogP contribution in [0.5, 0.6) is 0 Å². The van der Waals surface area contributed by atoms with Crippen LogP contribution in [-0.2, 0) is 0 Å². The van der Waals surface area contributed by atoms with E-state index in [4.69, 9.17) is 11.3 Å². The Labute approximate surface area is 49.8 Å². The molecule has 0 heterocycles. The lowest BCUT2D eigenvalue weighted by atomic mass is 10.1. The molecule has 0 aliphatic carbocycles. The van der Waals surface area contributed by atoms with Crippen molar-refractivity contribution in [1.82, 2.24) is 0 Å². The molecule has 3 nitrogen and oxygen atoms in total. The highest BCUT2D eigenvalue weighted by Crippen LogP contribution is 1.95. The van der Waals surface area contributed by atoms with Crippen molar-refractivity contribution >= 4 is 0 Å². The van der Waals surface area contributed by atoms with Crippen LogP contribution in [0.4, 0.5) is 0 Å². The summed E-state index contributed by atoms with van der Waals surface area (Å²) in [5.74, 6) is 0. The Bertz CT molecular complexity index is 77.7. The standard InChI is InChI=1S/C5H13N3/c1-3-4-5(2,6)8-7/h8H,3-4,6H2,1-2H3. The summed E-state index contributed by atoms with van der Waals surface area (Å²) in [6.45, 7) is 3.76. The van der Waals surface area contributed by atoms with Crippen LogP contribution < -0.4 is 10.8 Å². The average molecular weight is 115 g/mol. The first-order chi connectivity index (χ1) is 3.62. The van der Waals surface area contributed by atoms with E-state index in [2.05, 4.69) is 0 Å². The van der Waals surface area contributed by atoms with Crippen molar-refractivity contribution in [2.24, 2.45) is 5.73 Å². The van der Waals surface area contributed by atoms with Gasteiger partial charge in [0.1, 0.15) is 0 Å². The molecule has 0 aliphatic rings. The molecule has 48 valence electrons. The normalized spacial score (nSPS) is 17.4. The molecule has 0 aliphatic heterocycles. The van der Waals surface area contributed by atoms with Gasteiger partial charge in [0.05, 0.1) is 0 Å². The number of hydrogen-bond donors (Lipinski definition) is 2. The molecule has 8 heavy (non-hydrogen) atoms. The molecular formula is C5H13N3. The third-order valence-corrected chi connectivity index (χ3v) is 1.02. The Morgan fingerprint density at radius 2 is 2.25 bits per heavy atom. The van der Waals surface area contributed by atoms with E-state index in [0.29, 0.717) is 0 Å². The van der Waals surface area contributed by atoms with Gasteiger partial charge in [0, 0.05) is 13.3 Å². The molecule has 0 spiro atoms. The first-order valence-corrected chi connectivity index (χ1v) is 2.82. The second kappa shape index (κ2) is 2.77. The topological polar surface area (TPSA) is 62.3 Å². The smallest absolute Gasteiger partial charge is 0.198 e.